The fourth-order valence-electron chi connectivity index (χ4n) is 2.35. The van der Waals surface area contributed by atoms with E-state index < -0.39 is 0 Å². The highest BCUT2D eigenvalue weighted by Crippen LogP contribution is 2.15. The molecule has 0 spiro atoms. The van der Waals surface area contributed by atoms with Crippen molar-refractivity contribution in [1.29, 1.82) is 0 Å². The lowest BCUT2D eigenvalue weighted by Crippen LogP contribution is -2.53. The predicted molar refractivity (Wildman–Crippen MR) is 99.8 cm³/mol. The molecule has 1 aliphatic heterocycles. The van der Waals surface area contributed by atoms with Crippen molar-refractivity contribution < 1.29 is 4.79 Å². The number of rotatable bonds is 6. The van der Waals surface area contributed by atoms with Crippen molar-refractivity contribution in [3.05, 3.63) is 30.3 Å². The third-order valence-corrected chi connectivity index (χ3v) is 5.11. The standard InChI is InChI=1S/C16H24N4OS2/c1-17-15(21)13-19-8-10-20(11-9-19)16(22)18-7-12-23-14-5-3-2-4-6-14/h2-6H,7-13H2,1H3,(H,17,21)(H,18,22). The summed E-state index contributed by atoms with van der Waals surface area (Å²) in [5, 5.41) is 6.81. The van der Waals surface area contributed by atoms with Crippen molar-refractivity contribution in [2.45, 2.75) is 4.90 Å². The average molecular weight is 353 g/mol. The van der Waals surface area contributed by atoms with Crippen LogP contribution in [0.1, 0.15) is 0 Å². The van der Waals surface area contributed by atoms with E-state index in [2.05, 4.69) is 44.7 Å². The van der Waals surface area contributed by atoms with Crippen LogP contribution in [-0.4, -0.2) is 72.9 Å². The van der Waals surface area contributed by atoms with Gasteiger partial charge in [-0.15, -0.1) is 11.8 Å². The van der Waals surface area contributed by atoms with Gasteiger partial charge >= 0.3 is 0 Å². The van der Waals surface area contributed by atoms with Gasteiger partial charge in [0, 0.05) is 50.4 Å². The van der Waals surface area contributed by atoms with Crippen LogP contribution in [0.4, 0.5) is 0 Å². The zero-order valence-corrected chi connectivity index (χ0v) is 15.1. The molecule has 0 bridgehead atoms. The smallest absolute Gasteiger partial charge is 0.233 e. The van der Waals surface area contributed by atoms with Crippen molar-refractivity contribution in [2.24, 2.45) is 0 Å². The number of likely N-dealkylation sites (N-methyl/N-ethyl adjacent to an activating group) is 1. The van der Waals surface area contributed by atoms with E-state index in [4.69, 9.17) is 12.2 Å². The molecule has 0 aliphatic carbocycles. The summed E-state index contributed by atoms with van der Waals surface area (Å²) < 4.78 is 0. The molecule has 1 aliphatic rings. The molecule has 1 saturated heterocycles. The molecule has 1 fully saturated rings. The molecule has 126 valence electrons. The maximum atomic E-state index is 11.4. The zero-order valence-electron chi connectivity index (χ0n) is 13.5. The number of hydrogen-bond donors (Lipinski definition) is 2. The van der Waals surface area contributed by atoms with E-state index in [9.17, 15) is 4.79 Å². The molecule has 23 heavy (non-hydrogen) atoms. The Kier molecular flexibility index (Phi) is 7.64. The van der Waals surface area contributed by atoms with E-state index in [1.807, 2.05) is 17.8 Å². The van der Waals surface area contributed by atoms with E-state index in [0.717, 1.165) is 43.6 Å². The quantitative estimate of drug-likeness (QED) is 0.453. The normalized spacial score (nSPS) is 15.3. The van der Waals surface area contributed by atoms with Crippen LogP contribution in [0.5, 0.6) is 0 Å². The Bertz CT molecular complexity index is 504. The number of nitrogens with one attached hydrogen (secondary N) is 2. The average Bonchev–Trinajstić information content (AvgIpc) is 2.60. The number of carbonyl (C=O) groups is 1. The van der Waals surface area contributed by atoms with Crippen molar-refractivity contribution in [3.8, 4) is 0 Å². The summed E-state index contributed by atoms with van der Waals surface area (Å²) in [6.45, 7) is 4.81. The number of benzene rings is 1. The molecule has 0 saturated carbocycles. The highest BCUT2D eigenvalue weighted by molar-refractivity contribution is 7.99. The van der Waals surface area contributed by atoms with Crippen LogP contribution in [-0.2, 0) is 4.79 Å². The second-order valence-corrected chi connectivity index (χ2v) is 6.88. The van der Waals surface area contributed by atoms with Crippen molar-refractivity contribution in [1.82, 2.24) is 20.4 Å². The number of amides is 1. The summed E-state index contributed by atoms with van der Waals surface area (Å²) in [7, 11) is 1.67. The van der Waals surface area contributed by atoms with Crippen LogP contribution in [0, 0.1) is 0 Å². The summed E-state index contributed by atoms with van der Waals surface area (Å²) in [5.74, 6) is 1.05. The maximum Gasteiger partial charge on any atom is 0.233 e. The van der Waals surface area contributed by atoms with Gasteiger partial charge in [0.05, 0.1) is 6.54 Å². The predicted octanol–water partition coefficient (Wildman–Crippen LogP) is 1.02. The molecule has 2 rings (SSSR count). The molecule has 0 radical (unpaired) electrons. The SMILES string of the molecule is CNC(=O)CN1CCN(C(=S)NCCSc2ccccc2)CC1. The first-order chi connectivity index (χ1) is 11.2. The number of hydrogen-bond acceptors (Lipinski definition) is 4. The first kappa shape index (κ1) is 18.0. The second-order valence-electron chi connectivity index (χ2n) is 5.33. The maximum absolute atomic E-state index is 11.4. The topological polar surface area (TPSA) is 47.6 Å². The van der Waals surface area contributed by atoms with E-state index in [0.29, 0.717) is 6.54 Å². The lowest BCUT2D eigenvalue weighted by atomic mass is 10.3. The van der Waals surface area contributed by atoms with E-state index in [-0.39, 0.29) is 5.91 Å². The largest absolute Gasteiger partial charge is 0.362 e. The Labute approximate surface area is 147 Å². The van der Waals surface area contributed by atoms with Gasteiger partial charge in [-0.3, -0.25) is 9.69 Å². The number of nitrogens with zero attached hydrogens (tertiary/aromatic N) is 2. The Morgan fingerprint density at radius 2 is 1.91 bits per heavy atom. The van der Waals surface area contributed by atoms with Crippen LogP contribution in [0.2, 0.25) is 0 Å². The first-order valence-electron chi connectivity index (χ1n) is 7.82. The van der Waals surface area contributed by atoms with Crippen LogP contribution in [0.25, 0.3) is 0 Å². The molecule has 2 N–H and O–H groups in total. The lowest BCUT2D eigenvalue weighted by Gasteiger charge is -2.35. The monoisotopic (exact) mass is 352 g/mol. The van der Waals surface area contributed by atoms with Crippen LogP contribution >= 0.6 is 24.0 Å². The summed E-state index contributed by atoms with van der Waals surface area (Å²) in [4.78, 5) is 17.0. The van der Waals surface area contributed by atoms with Gasteiger partial charge < -0.3 is 15.5 Å². The summed E-state index contributed by atoms with van der Waals surface area (Å²) >= 11 is 7.29. The van der Waals surface area contributed by atoms with Crippen LogP contribution < -0.4 is 10.6 Å². The van der Waals surface area contributed by atoms with Crippen LogP contribution in [0.3, 0.4) is 0 Å². The molecule has 0 aromatic heterocycles. The minimum Gasteiger partial charge on any atom is -0.362 e. The summed E-state index contributed by atoms with van der Waals surface area (Å²) in [6.07, 6.45) is 0. The third kappa shape index (κ3) is 6.37. The number of carbonyl (C=O) groups excluding carboxylic acids is 1. The fraction of sp³-hybridized carbons (Fsp3) is 0.500. The minimum atomic E-state index is 0.0667. The zero-order chi connectivity index (χ0) is 16.5. The fourth-order valence-corrected chi connectivity index (χ4v) is 3.42. The van der Waals surface area contributed by atoms with Gasteiger partial charge in [0.1, 0.15) is 0 Å². The molecule has 1 aromatic carbocycles. The molecule has 5 nitrogen and oxygen atoms in total. The minimum absolute atomic E-state index is 0.0667. The molecular formula is C16H24N4OS2. The van der Waals surface area contributed by atoms with E-state index >= 15 is 0 Å². The molecular weight excluding hydrogens is 328 g/mol. The Hall–Kier alpha value is -1.31. The van der Waals surface area contributed by atoms with Gasteiger partial charge in [-0.2, -0.15) is 0 Å². The number of thioether (sulfide) groups is 1. The van der Waals surface area contributed by atoms with Gasteiger partial charge in [0.2, 0.25) is 5.91 Å². The Balaban J connectivity index is 1.60. The van der Waals surface area contributed by atoms with Gasteiger partial charge in [-0.05, 0) is 24.4 Å². The molecule has 1 aromatic rings. The summed E-state index contributed by atoms with van der Waals surface area (Å²) in [5.41, 5.74) is 0. The van der Waals surface area contributed by atoms with E-state index in [1.54, 1.807) is 7.05 Å². The van der Waals surface area contributed by atoms with Crippen molar-refractivity contribution in [2.75, 3.05) is 52.1 Å². The number of piperazine rings is 1. The summed E-state index contributed by atoms with van der Waals surface area (Å²) in [6, 6.07) is 10.4. The highest BCUT2D eigenvalue weighted by atomic mass is 32.2. The first-order valence-corrected chi connectivity index (χ1v) is 9.22. The Morgan fingerprint density at radius 1 is 1.22 bits per heavy atom. The second kappa shape index (κ2) is 9.75. The van der Waals surface area contributed by atoms with Gasteiger partial charge in [0.15, 0.2) is 5.11 Å². The molecule has 1 amide bonds. The molecule has 1 heterocycles. The van der Waals surface area contributed by atoms with Gasteiger partial charge in [0.25, 0.3) is 0 Å². The van der Waals surface area contributed by atoms with Crippen molar-refractivity contribution in [3.63, 3.8) is 0 Å². The number of thiocarbonyl (C=S) groups is 1. The Morgan fingerprint density at radius 3 is 2.57 bits per heavy atom. The highest BCUT2D eigenvalue weighted by Gasteiger charge is 2.19. The third-order valence-electron chi connectivity index (χ3n) is 3.70. The molecule has 7 heteroatoms. The molecule has 0 atom stereocenters. The van der Waals surface area contributed by atoms with Gasteiger partial charge in [-0.1, -0.05) is 18.2 Å². The lowest BCUT2D eigenvalue weighted by molar-refractivity contribution is -0.122. The van der Waals surface area contributed by atoms with Gasteiger partial charge in [-0.25, -0.2) is 0 Å². The van der Waals surface area contributed by atoms with Crippen molar-refractivity contribution >= 4 is 35.0 Å². The van der Waals surface area contributed by atoms with E-state index in [1.165, 1.54) is 4.90 Å². The van der Waals surface area contributed by atoms with Crippen LogP contribution in [0.15, 0.2) is 35.2 Å². The molecule has 0 unspecified atom stereocenters.